The maximum atomic E-state index is 12.6. The lowest BCUT2D eigenvalue weighted by Crippen LogP contribution is -2.36. The smallest absolute Gasteiger partial charge is 0.326 e. The number of carbonyl (C=O) groups is 2. The summed E-state index contributed by atoms with van der Waals surface area (Å²) in [4.78, 5) is 29.1. The van der Waals surface area contributed by atoms with Crippen molar-refractivity contribution in [2.75, 3.05) is 43.1 Å². The summed E-state index contributed by atoms with van der Waals surface area (Å²) in [6.07, 6.45) is 7.49. The third-order valence-corrected chi connectivity index (χ3v) is 6.05. The van der Waals surface area contributed by atoms with E-state index < -0.39 is 0 Å². The van der Waals surface area contributed by atoms with Crippen LogP contribution < -0.4 is 20.9 Å². The van der Waals surface area contributed by atoms with Crippen LogP contribution in [0.4, 0.5) is 16.2 Å². The van der Waals surface area contributed by atoms with Gasteiger partial charge in [-0.1, -0.05) is 12.1 Å². The topological polar surface area (TPSA) is 85.9 Å². The van der Waals surface area contributed by atoms with E-state index in [0.29, 0.717) is 24.3 Å². The van der Waals surface area contributed by atoms with Gasteiger partial charge in [0, 0.05) is 55.2 Å². The molecule has 8 heteroatoms. The van der Waals surface area contributed by atoms with Gasteiger partial charge in [0.2, 0.25) is 0 Å². The van der Waals surface area contributed by atoms with Gasteiger partial charge in [-0.3, -0.25) is 9.69 Å². The van der Waals surface area contributed by atoms with Crippen molar-refractivity contribution in [2.45, 2.75) is 6.54 Å². The third kappa shape index (κ3) is 4.97. The number of nitrogens with one attached hydrogen (secondary N) is 3. The van der Waals surface area contributed by atoms with Gasteiger partial charge in [-0.2, -0.15) is 0 Å². The number of benzene rings is 2. The Morgan fingerprint density at radius 3 is 2.50 bits per heavy atom. The molecule has 0 unspecified atom stereocenters. The zero-order chi connectivity index (χ0) is 23.3. The Balaban J connectivity index is 1.12. The highest BCUT2D eigenvalue weighted by Crippen LogP contribution is 2.24. The highest BCUT2D eigenvalue weighted by atomic mass is 16.5. The van der Waals surface area contributed by atoms with Crippen molar-refractivity contribution >= 4 is 23.3 Å². The largest absolute Gasteiger partial charge is 0.378 e. The van der Waals surface area contributed by atoms with Crippen molar-refractivity contribution in [3.63, 3.8) is 0 Å². The van der Waals surface area contributed by atoms with Crippen molar-refractivity contribution in [1.82, 2.24) is 15.5 Å². The van der Waals surface area contributed by atoms with Crippen LogP contribution in [0.25, 0.3) is 0 Å². The van der Waals surface area contributed by atoms with Gasteiger partial charge in [-0.15, -0.1) is 0 Å². The van der Waals surface area contributed by atoms with Crippen LogP contribution in [0.5, 0.6) is 0 Å². The molecule has 0 saturated carbocycles. The fourth-order valence-corrected chi connectivity index (χ4v) is 4.10. The molecular weight excluding hydrogens is 430 g/mol. The number of amides is 3. The van der Waals surface area contributed by atoms with Crippen LogP contribution in [0.1, 0.15) is 15.9 Å². The third-order valence-electron chi connectivity index (χ3n) is 6.05. The number of ether oxygens (including phenoxy) is 1. The standard InChI is InChI=1S/C26H27N5O3/c32-25(28-15-19-1-7-24(8-2-19)30-11-13-34-14-12-30)20-3-5-23(6-4-20)29-26(33)31-17-21-9-10-27-16-22(21)18-31/h1-10,16-17,27H,11-15,18H2,(H,28,32)(H,29,33). The Hall–Kier alpha value is -4.04. The number of hydrogen-bond donors (Lipinski definition) is 3. The van der Waals surface area contributed by atoms with E-state index in [9.17, 15) is 9.59 Å². The predicted molar refractivity (Wildman–Crippen MR) is 131 cm³/mol. The van der Waals surface area contributed by atoms with Crippen LogP contribution in [0.3, 0.4) is 0 Å². The summed E-state index contributed by atoms with van der Waals surface area (Å²) in [5.74, 6) is -0.158. The van der Waals surface area contributed by atoms with Gasteiger partial charge < -0.3 is 25.6 Å². The molecule has 3 aliphatic heterocycles. The molecule has 174 valence electrons. The molecule has 34 heavy (non-hydrogen) atoms. The number of urea groups is 1. The first-order chi connectivity index (χ1) is 16.7. The molecule has 1 saturated heterocycles. The molecule has 3 heterocycles. The summed E-state index contributed by atoms with van der Waals surface area (Å²) >= 11 is 0. The first-order valence-electron chi connectivity index (χ1n) is 11.4. The first kappa shape index (κ1) is 21.8. The van der Waals surface area contributed by atoms with Gasteiger partial charge in [0.15, 0.2) is 0 Å². The zero-order valence-electron chi connectivity index (χ0n) is 18.8. The highest BCUT2D eigenvalue weighted by molar-refractivity contribution is 5.95. The number of nitrogens with zero attached hydrogens (tertiary/aromatic N) is 2. The molecule has 2 aromatic carbocycles. The van der Waals surface area contributed by atoms with Crippen LogP contribution in [-0.2, 0) is 11.3 Å². The lowest BCUT2D eigenvalue weighted by atomic mass is 10.1. The molecule has 0 aromatic heterocycles. The maximum Gasteiger partial charge on any atom is 0.326 e. The normalized spacial score (nSPS) is 16.8. The molecule has 0 aliphatic carbocycles. The van der Waals surface area contributed by atoms with Gasteiger partial charge in [0.05, 0.1) is 19.8 Å². The average Bonchev–Trinajstić information content (AvgIpc) is 3.33. The van der Waals surface area contributed by atoms with Crippen molar-refractivity contribution in [3.05, 3.63) is 95.5 Å². The van der Waals surface area contributed by atoms with E-state index in [1.807, 2.05) is 36.8 Å². The van der Waals surface area contributed by atoms with E-state index in [0.717, 1.165) is 43.0 Å². The van der Waals surface area contributed by atoms with Gasteiger partial charge >= 0.3 is 6.03 Å². The fourth-order valence-electron chi connectivity index (χ4n) is 4.10. The molecule has 2 aromatic rings. The summed E-state index contributed by atoms with van der Waals surface area (Å²) < 4.78 is 5.40. The van der Waals surface area contributed by atoms with Gasteiger partial charge in [-0.25, -0.2) is 4.79 Å². The number of allylic oxidation sites excluding steroid dienone is 1. The predicted octanol–water partition coefficient (Wildman–Crippen LogP) is 3.19. The minimum absolute atomic E-state index is 0.158. The van der Waals surface area contributed by atoms with E-state index >= 15 is 0 Å². The monoisotopic (exact) mass is 457 g/mol. The van der Waals surface area contributed by atoms with E-state index in [-0.39, 0.29) is 11.9 Å². The Bertz CT molecular complexity index is 1150. The van der Waals surface area contributed by atoms with E-state index in [1.54, 1.807) is 29.2 Å². The number of fused-ring (bicyclic) bond motifs is 1. The zero-order valence-corrected chi connectivity index (χ0v) is 18.8. The second kappa shape index (κ2) is 9.84. The van der Waals surface area contributed by atoms with Crippen LogP contribution in [-0.4, -0.2) is 49.7 Å². The number of hydrogen-bond acceptors (Lipinski definition) is 5. The van der Waals surface area contributed by atoms with E-state index in [4.69, 9.17) is 4.74 Å². The summed E-state index contributed by atoms with van der Waals surface area (Å²) in [5.41, 5.74) is 5.48. The van der Waals surface area contributed by atoms with Gasteiger partial charge in [0.25, 0.3) is 5.91 Å². The van der Waals surface area contributed by atoms with Crippen LogP contribution in [0.2, 0.25) is 0 Å². The van der Waals surface area contributed by atoms with Crippen molar-refractivity contribution < 1.29 is 14.3 Å². The molecule has 8 nitrogen and oxygen atoms in total. The second-order valence-electron chi connectivity index (χ2n) is 8.34. The average molecular weight is 458 g/mol. The van der Waals surface area contributed by atoms with E-state index in [1.165, 1.54) is 5.69 Å². The minimum atomic E-state index is -0.214. The summed E-state index contributed by atoms with van der Waals surface area (Å²) in [7, 11) is 0. The van der Waals surface area contributed by atoms with Crippen molar-refractivity contribution in [2.24, 2.45) is 0 Å². The van der Waals surface area contributed by atoms with Crippen LogP contribution >= 0.6 is 0 Å². The number of carbonyl (C=O) groups excluding carboxylic acids is 2. The molecule has 3 N–H and O–H groups in total. The van der Waals surface area contributed by atoms with Crippen molar-refractivity contribution in [1.29, 1.82) is 0 Å². The van der Waals surface area contributed by atoms with Crippen molar-refractivity contribution in [3.8, 4) is 0 Å². The first-order valence-corrected chi connectivity index (χ1v) is 11.4. The molecule has 0 atom stereocenters. The summed E-state index contributed by atoms with van der Waals surface area (Å²) in [5, 5.41) is 8.86. The molecule has 3 aliphatic rings. The molecule has 5 rings (SSSR count). The lowest BCUT2D eigenvalue weighted by Gasteiger charge is -2.28. The molecule has 1 fully saturated rings. The quantitative estimate of drug-likeness (QED) is 0.642. The lowest BCUT2D eigenvalue weighted by molar-refractivity contribution is 0.0951. The number of morpholine rings is 1. The molecule has 3 amide bonds. The number of rotatable bonds is 5. The summed E-state index contributed by atoms with van der Waals surface area (Å²) in [6, 6.07) is 14.9. The molecule has 0 spiro atoms. The molecule has 0 radical (unpaired) electrons. The molecular formula is C26H27N5O3. The minimum Gasteiger partial charge on any atom is -0.378 e. The van der Waals surface area contributed by atoms with Gasteiger partial charge in [-0.05, 0) is 59.2 Å². The maximum absolute atomic E-state index is 12.6. The highest BCUT2D eigenvalue weighted by Gasteiger charge is 2.23. The molecule has 0 bridgehead atoms. The second-order valence-corrected chi connectivity index (χ2v) is 8.34. The van der Waals surface area contributed by atoms with Crippen LogP contribution in [0.15, 0.2) is 84.4 Å². The fraction of sp³-hybridized carbons (Fsp3) is 0.231. The Morgan fingerprint density at radius 1 is 1.00 bits per heavy atom. The number of anilines is 2. The van der Waals surface area contributed by atoms with E-state index in [2.05, 4.69) is 33.0 Å². The Labute approximate surface area is 198 Å². The SMILES string of the molecule is O=C(NCc1ccc(N2CCOCC2)cc1)c1ccc(NC(=O)N2C=C3C=CNC=C3C2)cc1. The Morgan fingerprint density at radius 2 is 1.76 bits per heavy atom. The Kier molecular flexibility index (Phi) is 6.31. The van der Waals surface area contributed by atoms with Gasteiger partial charge in [0.1, 0.15) is 0 Å². The number of dihydropyridines is 1. The summed E-state index contributed by atoms with van der Waals surface area (Å²) in [6.45, 7) is 4.27. The van der Waals surface area contributed by atoms with Crippen LogP contribution in [0, 0.1) is 0 Å².